The fourth-order valence-electron chi connectivity index (χ4n) is 3.54. The zero-order valence-corrected chi connectivity index (χ0v) is 14.5. The number of aryl methyl sites for hydroxylation is 1. The van der Waals surface area contributed by atoms with Crippen molar-refractivity contribution in [3.05, 3.63) is 64.7 Å². The first-order chi connectivity index (χ1) is 12.7. The number of fused-ring (bicyclic) bond motifs is 2. The molecule has 0 saturated heterocycles. The number of nitrogens with two attached hydrogens (primary N) is 1. The summed E-state index contributed by atoms with van der Waals surface area (Å²) in [5.41, 5.74) is 8.96. The van der Waals surface area contributed by atoms with Crippen LogP contribution in [0.1, 0.15) is 29.7 Å². The number of rotatable bonds is 3. The SMILES string of the molecule is CCOc1ccc2ccccc2c1[C@@H]1C(C#N)=C(N)Oc2n[nH]c(C)c21. The minimum Gasteiger partial charge on any atom is -0.494 e. The molecule has 0 amide bonds. The van der Waals surface area contributed by atoms with Crippen molar-refractivity contribution in [2.45, 2.75) is 19.8 Å². The molecule has 1 atom stereocenters. The summed E-state index contributed by atoms with van der Waals surface area (Å²) in [7, 11) is 0. The third kappa shape index (κ3) is 2.29. The van der Waals surface area contributed by atoms with Crippen molar-refractivity contribution in [2.24, 2.45) is 5.73 Å². The topological polar surface area (TPSA) is 96.9 Å². The molecule has 0 fully saturated rings. The predicted molar refractivity (Wildman–Crippen MR) is 97.7 cm³/mol. The van der Waals surface area contributed by atoms with Crippen LogP contribution in [0, 0.1) is 18.3 Å². The van der Waals surface area contributed by atoms with Crippen molar-refractivity contribution in [2.75, 3.05) is 6.61 Å². The average Bonchev–Trinajstić information content (AvgIpc) is 3.01. The number of nitrogens with zero attached hydrogens (tertiary/aromatic N) is 2. The molecule has 2 heterocycles. The maximum Gasteiger partial charge on any atom is 0.244 e. The van der Waals surface area contributed by atoms with Crippen molar-refractivity contribution in [3.8, 4) is 17.7 Å². The summed E-state index contributed by atoms with van der Waals surface area (Å²) < 4.78 is 11.5. The van der Waals surface area contributed by atoms with Crippen molar-refractivity contribution in [3.63, 3.8) is 0 Å². The Bertz CT molecular complexity index is 1080. The van der Waals surface area contributed by atoms with E-state index in [1.54, 1.807) is 0 Å². The molecule has 6 nitrogen and oxygen atoms in total. The van der Waals surface area contributed by atoms with E-state index < -0.39 is 5.92 Å². The molecule has 0 saturated carbocycles. The third-order valence-electron chi connectivity index (χ3n) is 4.65. The highest BCUT2D eigenvalue weighted by Gasteiger charge is 2.36. The first kappa shape index (κ1) is 16.0. The Kier molecular flexibility index (Phi) is 3.77. The first-order valence-electron chi connectivity index (χ1n) is 8.42. The van der Waals surface area contributed by atoms with Gasteiger partial charge in [-0.05, 0) is 30.7 Å². The Morgan fingerprint density at radius 3 is 2.85 bits per heavy atom. The summed E-state index contributed by atoms with van der Waals surface area (Å²) >= 11 is 0. The highest BCUT2D eigenvalue weighted by atomic mass is 16.5. The third-order valence-corrected chi connectivity index (χ3v) is 4.65. The molecule has 0 unspecified atom stereocenters. The van der Waals surface area contributed by atoms with E-state index in [9.17, 15) is 5.26 Å². The molecule has 26 heavy (non-hydrogen) atoms. The lowest BCUT2D eigenvalue weighted by Crippen LogP contribution is -2.21. The lowest BCUT2D eigenvalue weighted by atomic mass is 9.81. The molecule has 130 valence electrons. The summed E-state index contributed by atoms with van der Waals surface area (Å²) in [5.74, 6) is 0.798. The van der Waals surface area contributed by atoms with Crippen molar-refractivity contribution in [1.82, 2.24) is 10.2 Å². The van der Waals surface area contributed by atoms with E-state index in [0.717, 1.165) is 33.3 Å². The van der Waals surface area contributed by atoms with Gasteiger partial charge >= 0.3 is 0 Å². The summed E-state index contributed by atoms with van der Waals surface area (Å²) in [6.07, 6.45) is 0. The van der Waals surface area contributed by atoms with Gasteiger partial charge in [-0.1, -0.05) is 30.3 Å². The number of hydrogen-bond donors (Lipinski definition) is 2. The van der Waals surface area contributed by atoms with Gasteiger partial charge in [0.05, 0.1) is 12.5 Å². The van der Waals surface area contributed by atoms with E-state index in [2.05, 4.69) is 16.3 Å². The van der Waals surface area contributed by atoms with Crippen LogP contribution >= 0.6 is 0 Å². The highest BCUT2D eigenvalue weighted by molar-refractivity contribution is 5.90. The standard InChI is InChI=1S/C20H18N4O2/c1-3-25-15-9-8-12-6-4-5-7-13(12)17(15)18-14(10-21)19(22)26-20-16(18)11(2)23-24-20/h4-9,18H,3,22H2,1-2H3,(H,23,24)/t18-/m1/s1. The molecule has 0 spiro atoms. The zero-order valence-electron chi connectivity index (χ0n) is 14.5. The Morgan fingerprint density at radius 1 is 1.27 bits per heavy atom. The molecule has 1 aliphatic heterocycles. The largest absolute Gasteiger partial charge is 0.494 e. The minimum absolute atomic E-state index is 0.0758. The Morgan fingerprint density at radius 2 is 2.08 bits per heavy atom. The van der Waals surface area contributed by atoms with Crippen molar-refractivity contribution in [1.29, 1.82) is 5.26 Å². The van der Waals surface area contributed by atoms with Gasteiger partial charge in [-0.3, -0.25) is 5.10 Å². The van der Waals surface area contributed by atoms with Gasteiger partial charge < -0.3 is 15.2 Å². The number of nitriles is 1. The maximum atomic E-state index is 9.80. The molecule has 1 aliphatic rings. The molecule has 3 N–H and O–H groups in total. The number of hydrogen-bond acceptors (Lipinski definition) is 5. The summed E-state index contributed by atoms with van der Waals surface area (Å²) in [6.45, 7) is 4.37. The van der Waals surface area contributed by atoms with Gasteiger partial charge in [0.2, 0.25) is 11.8 Å². The van der Waals surface area contributed by atoms with E-state index >= 15 is 0 Å². The van der Waals surface area contributed by atoms with Crippen LogP contribution in [-0.2, 0) is 0 Å². The second-order valence-corrected chi connectivity index (χ2v) is 6.12. The molecule has 0 radical (unpaired) electrons. The fourth-order valence-corrected chi connectivity index (χ4v) is 3.54. The number of nitrogens with one attached hydrogen (secondary N) is 1. The van der Waals surface area contributed by atoms with Crippen molar-refractivity contribution < 1.29 is 9.47 Å². The van der Waals surface area contributed by atoms with E-state index in [0.29, 0.717) is 18.1 Å². The van der Waals surface area contributed by atoms with Crippen molar-refractivity contribution >= 4 is 10.8 Å². The predicted octanol–water partition coefficient (Wildman–Crippen LogP) is 3.49. The van der Waals surface area contributed by atoms with Gasteiger partial charge in [-0.15, -0.1) is 5.10 Å². The summed E-state index contributed by atoms with van der Waals surface area (Å²) in [4.78, 5) is 0. The average molecular weight is 346 g/mol. The molecule has 2 aromatic carbocycles. The van der Waals surface area contributed by atoms with E-state index in [-0.39, 0.29) is 5.88 Å². The van der Waals surface area contributed by atoms with Crippen LogP contribution in [0.3, 0.4) is 0 Å². The van der Waals surface area contributed by atoms with Crippen LogP contribution in [-0.4, -0.2) is 16.8 Å². The van der Waals surface area contributed by atoms with E-state index in [1.165, 1.54) is 0 Å². The number of ether oxygens (including phenoxy) is 2. The molecular formula is C20H18N4O2. The van der Waals surface area contributed by atoms with Gasteiger partial charge in [0.15, 0.2) is 0 Å². The second-order valence-electron chi connectivity index (χ2n) is 6.12. The van der Waals surface area contributed by atoms with Gasteiger partial charge in [0.25, 0.3) is 0 Å². The van der Waals surface area contributed by atoms with Crippen LogP contribution in [0.4, 0.5) is 0 Å². The second kappa shape index (κ2) is 6.12. The van der Waals surface area contributed by atoms with Crippen LogP contribution in [0.15, 0.2) is 47.9 Å². The van der Waals surface area contributed by atoms with Crippen LogP contribution in [0.5, 0.6) is 11.6 Å². The molecule has 0 aliphatic carbocycles. The Labute approximate surface area is 150 Å². The van der Waals surface area contributed by atoms with Crippen LogP contribution < -0.4 is 15.2 Å². The first-order valence-corrected chi connectivity index (χ1v) is 8.42. The molecule has 3 aromatic rings. The number of aromatic nitrogens is 2. The molecule has 4 rings (SSSR count). The van der Waals surface area contributed by atoms with Gasteiger partial charge in [0, 0.05) is 16.8 Å². The minimum atomic E-state index is -0.407. The molecule has 0 bridgehead atoms. The highest BCUT2D eigenvalue weighted by Crippen LogP contribution is 2.47. The van der Waals surface area contributed by atoms with Gasteiger partial charge in [-0.2, -0.15) is 5.26 Å². The number of H-pyrrole nitrogens is 1. The molecule has 1 aromatic heterocycles. The lowest BCUT2D eigenvalue weighted by molar-refractivity contribution is 0.334. The zero-order chi connectivity index (χ0) is 18.3. The monoisotopic (exact) mass is 346 g/mol. The Balaban J connectivity index is 2.09. The molecule has 6 heteroatoms. The lowest BCUT2D eigenvalue weighted by Gasteiger charge is -2.26. The Hall–Kier alpha value is -3.46. The van der Waals surface area contributed by atoms with Crippen LogP contribution in [0.25, 0.3) is 10.8 Å². The summed E-state index contributed by atoms with van der Waals surface area (Å²) in [6, 6.07) is 14.2. The molecular weight excluding hydrogens is 328 g/mol. The van der Waals surface area contributed by atoms with Gasteiger partial charge in [-0.25, -0.2) is 0 Å². The quantitative estimate of drug-likeness (QED) is 0.756. The number of aromatic amines is 1. The normalized spacial score (nSPS) is 16.1. The van der Waals surface area contributed by atoms with E-state index in [4.69, 9.17) is 15.2 Å². The maximum absolute atomic E-state index is 9.80. The smallest absolute Gasteiger partial charge is 0.244 e. The summed E-state index contributed by atoms with van der Waals surface area (Å²) in [5, 5.41) is 19.0. The van der Waals surface area contributed by atoms with Crippen LogP contribution in [0.2, 0.25) is 0 Å². The van der Waals surface area contributed by atoms with Gasteiger partial charge in [0.1, 0.15) is 17.4 Å². The number of allylic oxidation sites excluding steroid dienone is 1. The van der Waals surface area contributed by atoms with E-state index in [1.807, 2.05) is 50.2 Å². The number of benzene rings is 2. The fraction of sp³-hybridized carbons (Fsp3) is 0.200.